The molecule has 0 aliphatic heterocycles. The first kappa shape index (κ1) is 10.8. The van der Waals surface area contributed by atoms with Crippen LogP contribution in [0, 0.1) is 5.82 Å². The first-order valence-electron chi connectivity index (χ1n) is 3.97. The van der Waals surface area contributed by atoms with Crippen LogP contribution >= 0.6 is 23.2 Å². The van der Waals surface area contributed by atoms with E-state index in [1.165, 1.54) is 6.07 Å². The molecule has 1 aromatic carbocycles. The Balaban J connectivity index is 3.29. The van der Waals surface area contributed by atoms with E-state index in [4.69, 9.17) is 23.2 Å². The zero-order chi connectivity index (χ0) is 10.2. The fourth-order valence-corrected chi connectivity index (χ4v) is 1.31. The average Bonchev–Trinajstić information content (AvgIpc) is 1.97. The van der Waals surface area contributed by atoms with E-state index in [0.29, 0.717) is 0 Å². The van der Waals surface area contributed by atoms with Gasteiger partial charge in [-0.2, -0.15) is 0 Å². The Kier molecular flexibility index (Phi) is 2.88. The predicted molar refractivity (Wildman–Crippen MR) is 55.1 cm³/mol. The van der Waals surface area contributed by atoms with Gasteiger partial charge in [-0.1, -0.05) is 44.0 Å². The van der Waals surface area contributed by atoms with Crippen LogP contribution in [0.1, 0.15) is 26.3 Å². The molecule has 0 N–H and O–H groups in total. The van der Waals surface area contributed by atoms with Crippen LogP contribution in [-0.2, 0) is 5.41 Å². The molecule has 72 valence electrons. The van der Waals surface area contributed by atoms with E-state index < -0.39 is 5.82 Å². The molecule has 0 radical (unpaired) electrons. The molecule has 3 heteroatoms. The van der Waals surface area contributed by atoms with Gasteiger partial charge in [-0.05, 0) is 23.1 Å². The highest BCUT2D eigenvalue weighted by atomic mass is 35.5. The van der Waals surface area contributed by atoms with Crippen molar-refractivity contribution in [3.8, 4) is 0 Å². The van der Waals surface area contributed by atoms with Crippen molar-refractivity contribution < 1.29 is 4.39 Å². The summed E-state index contributed by atoms with van der Waals surface area (Å²) in [5, 5.41) is 0.265. The van der Waals surface area contributed by atoms with Gasteiger partial charge in [0.15, 0.2) is 0 Å². The van der Waals surface area contributed by atoms with Crippen molar-refractivity contribution in [3.63, 3.8) is 0 Å². The minimum Gasteiger partial charge on any atom is -0.205 e. The Hall–Kier alpha value is -0.270. The topological polar surface area (TPSA) is 0 Å². The quantitative estimate of drug-likeness (QED) is 0.568. The lowest BCUT2D eigenvalue weighted by atomic mass is 9.87. The van der Waals surface area contributed by atoms with Gasteiger partial charge in [0, 0.05) is 0 Å². The lowest BCUT2D eigenvalue weighted by Crippen LogP contribution is -2.11. The van der Waals surface area contributed by atoms with Gasteiger partial charge in [0.2, 0.25) is 0 Å². The molecule has 0 spiro atoms. The summed E-state index contributed by atoms with van der Waals surface area (Å²) in [5.41, 5.74) is 0.731. The van der Waals surface area contributed by atoms with Crippen molar-refractivity contribution in [2.75, 3.05) is 0 Å². The van der Waals surface area contributed by atoms with Gasteiger partial charge >= 0.3 is 0 Å². The first-order valence-corrected chi connectivity index (χ1v) is 4.73. The van der Waals surface area contributed by atoms with E-state index in [1.807, 2.05) is 20.8 Å². The monoisotopic (exact) mass is 220 g/mol. The van der Waals surface area contributed by atoms with Gasteiger partial charge in [0.05, 0.1) is 10.0 Å². The molecular weight excluding hydrogens is 210 g/mol. The van der Waals surface area contributed by atoms with Gasteiger partial charge in [0.1, 0.15) is 5.82 Å². The van der Waals surface area contributed by atoms with E-state index >= 15 is 0 Å². The molecule has 1 rings (SSSR count). The second kappa shape index (κ2) is 3.47. The number of hydrogen-bond acceptors (Lipinski definition) is 0. The summed E-state index contributed by atoms with van der Waals surface area (Å²) in [5.74, 6) is -0.459. The van der Waals surface area contributed by atoms with Crippen LogP contribution in [0.2, 0.25) is 10.0 Å². The normalized spacial score (nSPS) is 11.8. The van der Waals surface area contributed by atoms with E-state index in [2.05, 4.69) is 0 Å². The highest BCUT2D eigenvalue weighted by Gasteiger charge is 2.17. The Bertz CT molecular complexity index is 303. The highest BCUT2D eigenvalue weighted by Crippen LogP contribution is 2.31. The molecule has 0 aliphatic rings. The Morgan fingerprint density at radius 2 is 1.69 bits per heavy atom. The third-order valence-corrected chi connectivity index (χ3v) is 2.63. The second-order valence-electron chi connectivity index (χ2n) is 4.00. The lowest BCUT2D eigenvalue weighted by Gasteiger charge is -2.19. The van der Waals surface area contributed by atoms with Crippen LogP contribution in [0.4, 0.5) is 4.39 Å². The average molecular weight is 221 g/mol. The van der Waals surface area contributed by atoms with E-state index in [0.717, 1.165) is 5.56 Å². The SMILES string of the molecule is CC(C)(C)c1cc(F)c(Cl)c(Cl)c1. The molecule has 0 heterocycles. The van der Waals surface area contributed by atoms with E-state index in [9.17, 15) is 4.39 Å². The highest BCUT2D eigenvalue weighted by molar-refractivity contribution is 6.42. The van der Waals surface area contributed by atoms with Crippen molar-refractivity contribution in [2.24, 2.45) is 0 Å². The molecular formula is C10H11Cl2F. The molecule has 0 amide bonds. The molecule has 0 aliphatic carbocycles. The fourth-order valence-electron chi connectivity index (χ4n) is 0.989. The molecule has 1 aromatic rings. The van der Waals surface area contributed by atoms with Crippen molar-refractivity contribution in [1.82, 2.24) is 0 Å². The van der Waals surface area contributed by atoms with Crippen LogP contribution in [-0.4, -0.2) is 0 Å². The third-order valence-electron chi connectivity index (χ3n) is 1.85. The standard InChI is InChI=1S/C10H11Cl2F/c1-10(2,3)6-4-7(11)9(12)8(13)5-6/h4-5H,1-3H3. The Morgan fingerprint density at radius 3 is 2.08 bits per heavy atom. The summed E-state index contributed by atoms with van der Waals surface area (Å²) < 4.78 is 13.2. The predicted octanol–water partition coefficient (Wildman–Crippen LogP) is 4.43. The summed E-state index contributed by atoms with van der Waals surface area (Å²) in [6.07, 6.45) is 0. The molecule has 0 aromatic heterocycles. The van der Waals surface area contributed by atoms with Gasteiger partial charge < -0.3 is 0 Å². The lowest BCUT2D eigenvalue weighted by molar-refractivity contribution is 0.572. The zero-order valence-electron chi connectivity index (χ0n) is 7.79. The first-order chi connectivity index (χ1) is 5.82. The largest absolute Gasteiger partial charge is 0.205 e. The summed E-state index contributed by atoms with van der Waals surface area (Å²) in [4.78, 5) is 0. The summed E-state index contributed by atoms with van der Waals surface area (Å²) in [6, 6.07) is 3.13. The van der Waals surface area contributed by atoms with Crippen LogP contribution in [0.3, 0.4) is 0 Å². The van der Waals surface area contributed by atoms with E-state index in [1.54, 1.807) is 6.07 Å². The van der Waals surface area contributed by atoms with Crippen LogP contribution in [0.5, 0.6) is 0 Å². The molecule has 0 fully saturated rings. The fraction of sp³-hybridized carbons (Fsp3) is 0.400. The second-order valence-corrected chi connectivity index (χ2v) is 4.79. The molecule has 0 unspecified atom stereocenters. The molecule has 13 heavy (non-hydrogen) atoms. The minimum atomic E-state index is -0.459. The van der Waals surface area contributed by atoms with Gasteiger partial charge in [0.25, 0.3) is 0 Å². The van der Waals surface area contributed by atoms with Crippen molar-refractivity contribution in [3.05, 3.63) is 33.6 Å². The minimum absolute atomic E-state index is 0.00494. The number of benzene rings is 1. The van der Waals surface area contributed by atoms with Gasteiger partial charge in [-0.15, -0.1) is 0 Å². The Labute approximate surface area is 87.7 Å². The molecule has 0 nitrogen and oxygen atoms in total. The number of halogens is 3. The van der Waals surface area contributed by atoms with Crippen LogP contribution in [0.15, 0.2) is 12.1 Å². The van der Waals surface area contributed by atoms with Crippen molar-refractivity contribution >= 4 is 23.2 Å². The van der Waals surface area contributed by atoms with Crippen molar-refractivity contribution in [2.45, 2.75) is 26.2 Å². The maximum absolute atomic E-state index is 13.2. The Morgan fingerprint density at radius 1 is 1.15 bits per heavy atom. The maximum Gasteiger partial charge on any atom is 0.143 e. The smallest absolute Gasteiger partial charge is 0.143 e. The molecule has 0 bridgehead atoms. The number of rotatable bonds is 0. The maximum atomic E-state index is 13.2. The van der Waals surface area contributed by atoms with Crippen molar-refractivity contribution in [1.29, 1.82) is 0 Å². The van der Waals surface area contributed by atoms with Gasteiger partial charge in [-0.25, -0.2) is 4.39 Å². The molecule has 0 saturated heterocycles. The summed E-state index contributed by atoms with van der Waals surface area (Å²) in [7, 11) is 0. The van der Waals surface area contributed by atoms with E-state index in [-0.39, 0.29) is 15.5 Å². The zero-order valence-corrected chi connectivity index (χ0v) is 9.30. The molecule has 0 saturated carbocycles. The van der Waals surface area contributed by atoms with Gasteiger partial charge in [-0.3, -0.25) is 0 Å². The third kappa shape index (κ3) is 2.35. The van der Waals surface area contributed by atoms with Crippen LogP contribution < -0.4 is 0 Å². The van der Waals surface area contributed by atoms with Crippen LogP contribution in [0.25, 0.3) is 0 Å². The molecule has 0 atom stereocenters. The summed E-state index contributed by atoms with van der Waals surface area (Å²) >= 11 is 11.3. The number of hydrogen-bond donors (Lipinski definition) is 0. The summed E-state index contributed by atoms with van der Waals surface area (Å²) in [6.45, 7) is 5.98.